The Morgan fingerprint density at radius 2 is 2.04 bits per heavy atom. The average molecular weight is 385 g/mol. The molecule has 1 aromatic carbocycles. The molecule has 2 aromatic heterocycles. The minimum Gasteiger partial charge on any atom is -0.335 e. The molecule has 3 aromatic rings. The van der Waals surface area contributed by atoms with Crippen LogP contribution in [0, 0.1) is 19.7 Å². The third-order valence-electron chi connectivity index (χ3n) is 4.69. The van der Waals surface area contributed by atoms with Gasteiger partial charge in [0.2, 0.25) is 5.82 Å². The molecule has 0 bridgehead atoms. The first-order valence-corrected chi connectivity index (χ1v) is 9.94. The van der Waals surface area contributed by atoms with E-state index in [0.29, 0.717) is 30.9 Å². The van der Waals surface area contributed by atoms with Gasteiger partial charge in [0.1, 0.15) is 5.82 Å². The lowest BCUT2D eigenvalue weighted by Gasteiger charge is -2.18. The average Bonchev–Trinajstić information content (AvgIpc) is 2.92. The van der Waals surface area contributed by atoms with E-state index in [2.05, 4.69) is 15.1 Å². The van der Waals surface area contributed by atoms with Crippen molar-refractivity contribution in [3.05, 3.63) is 58.9 Å². The first-order valence-electron chi connectivity index (χ1n) is 8.89. The molecule has 1 atom stereocenters. The van der Waals surface area contributed by atoms with Crippen molar-refractivity contribution < 1.29 is 9.18 Å². The third-order valence-corrected chi connectivity index (χ3v) is 6.00. The van der Waals surface area contributed by atoms with Crippen molar-refractivity contribution in [1.29, 1.82) is 0 Å². The Labute approximate surface area is 160 Å². The molecule has 4 rings (SSSR count). The molecule has 0 aliphatic carbocycles. The normalized spacial score (nSPS) is 17.9. The standard InChI is InChI=1S/C19H20FN5OS/c1-12-11-13(2)25-19(21-12)22-17(23-25)18(26)24-8-7-16(27-10-9-24)14-5-3-4-6-15(14)20/h3-6,11,16H,7-10H2,1-2H3/t16-/m1/s1. The van der Waals surface area contributed by atoms with Crippen molar-refractivity contribution in [2.45, 2.75) is 25.5 Å². The van der Waals surface area contributed by atoms with Crippen molar-refractivity contribution in [2.24, 2.45) is 0 Å². The number of carbonyl (C=O) groups is 1. The first kappa shape index (κ1) is 17.9. The molecule has 1 amide bonds. The highest BCUT2D eigenvalue weighted by Gasteiger charge is 2.26. The number of benzene rings is 1. The van der Waals surface area contributed by atoms with Crippen LogP contribution in [0.3, 0.4) is 0 Å². The first-order chi connectivity index (χ1) is 13.0. The molecular weight excluding hydrogens is 365 g/mol. The van der Waals surface area contributed by atoms with Gasteiger partial charge in [0.15, 0.2) is 0 Å². The van der Waals surface area contributed by atoms with Gasteiger partial charge in [0, 0.05) is 41.0 Å². The molecule has 6 nitrogen and oxygen atoms in total. The molecule has 0 unspecified atom stereocenters. The van der Waals surface area contributed by atoms with Gasteiger partial charge in [-0.2, -0.15) is 16.7 Å². The van der Waals surface area contributed by atoms with E-state index in [1.54, 1.807) is 27.2 Å². The van der Waals surface area contributed by atoms with Crippen LogP contribution in [0.2, 0.25) is 0 Å². The van der Waals surface area contributed by atoms with E-state index in [1.165, 1.54) is 6.07 Å². The monoisotopic (exact) mass is 385 g/mol. The Bertz CT molecular complexity index is 1000. The smallest absolute Gasteiger partial charge is 0.293 e. The second-order valence-electron chi connectivity index (χ2n) is 6.65. The highest BCUT2D eigenvalue weighted by atomic mass is 32.2. The third kappa shape index (κ3) is 3.53. The Morgan fingerprint density at radius 1 is 1.22 bits per heavy atom. The summed E-state index contributed by atoms with van der Waals surface area (Å²) >= 11 is 1.68. The minimum atomic E-state index is -0.202. The molecular formula is C19H20FN5OS. The van der Waals surface area contributed by atoms with Crippen molar-refractivity contribution in [1.82, 2.24) is 24.5 Å². The summed E-state index contributed by atoms with van der Waals surface area (Å²) in [6.07, 6.45) is 0.696. The maximum Gasteiger partial charge on any atom is 0.293 e. The zero-order chi connectivity index (χ0) is 19.0. The van der Waals surface area contributed by atoms with E-state index < -0.39 is 0 Å². The SMILES string of the molecule is Cc1cc(C)n2nc(C(=O)N3CCS[C@@H](c4ccccc4F)CC3)nc2n1. The van der Waals surface area contributed by atoms with Crippen LogP contribution in [0.15, 0.2) is 30.3 Å². The lowest BCUT2D eigenvalue weighted by atomic mass is 10.1. The number of halogens is 1. The maximum absolute atomic E-state index is 14.1. The number of hydrogen-bond acceptors (Lipinski definition) is 5. The predicted molar refractivity (Wildman–Crippen MR) is 102 cm³/mol. The van der Waals surface area contributed by atoms with Crippen LogP contribution >= 0.6 is 11.8 Å². The number of aromatic nitrogens is 4. The lowest BCUT2D eigenvalue weighted by molar-refractivity contribution is 0.0754. The molecule has 1 aliphatic heterocycles. The number of rotatable bonds is 2. The van der Waals surface area contributed by atoms with Gasteiger partial charge in [-0.25, -0.2) is 13.9 Å². The van der Waals surface area contributed by atoms with Crippen molar-refractivity contribution >= 4 is 23.4 Å². The fraction of sp³-hybridized carbons (Fsp3) is 0.368. The highest BCUT2D eigenvalue weighted by molar-refractivity contribution is 7.99. The van der Waals surface area contributed by atoms with Crippen molar-refractivity contribution in [3.63, 3.8) is 0 Å². The summed E-state index contributed by atoms with van der Waals surface area (Å²) < 4.78 is 15.7. The van der Waals surface area contributed by atoms with Gasteiger partial charge in [-0.15, -0.1) is 5.10 Å². The van der Waals surface area contributed by atoms with E-state index in [9.17, 15) is 9.18 Å². The van der Waals surface area contributed by atoms with Gasteiger partial charge in [0.25, 0.3) is 11.7 Å². The minimum absolute atomic E-state index is 0.0459. The number of nitrogens with zero attached hydrogens (tertiary/aromatic N) is 5. The number of hydrogen-bond donors (Lipinski definition) is 0. The predicted octanol–water partition coefficient (Wildman–Crippen LogP) is 3.20. The molecule has 0 saturated carbocycles. The number of aryl methyl sites for hydroxylation is 2. The molecule has 27 heavy (non-hydrogen) atoms. The Morgan fingerprint density at radius 3 is 2.85 bits per heavy atom. The van der Waals surface area contributed by atoms with Gasteiger partial charge >= 0.3 is 0 Å². The van der Waals surface area contributed by atoms with Crippen LogP contribution in [0.25, 0.3) is 5.78 Å². The summed E-state index contributed by atoms with van der Waals surface area (Å²) in [5.74, 6) is 0.949. The lowest BCUT2D eigenvalue weighted by Crippen LogP contribution is -2.33. The van der Waals surface area contributed by atoms with Gasteiger partial charge in [-0.3, -0.25) is 4.79 Å². The van der Waals surface area contributed by atoms with E-state index in [0.717, 1.165) is 17.1 Å². The molecule has 0 spiro atoms. The molecule has 1 saturated heterocycles. The molecule has 1 fully saturated rings. The van der Waals surface area contributed by atoms with E-state index in [1.807, 2.05) is 32.0 Å². The zero-order valence-corrected chi connectivity index (χ0v) is 16.0. The Hall–Kier alpha value is -2.48. The second kappa shape index (κ2) is 7.26. The van der Waals surface area contributed by atoms with Gasteiger partial charge in [-0.05, 0) is 32.4 Å². The van der Waals surface area contributed by atoms with E-state index >= 15 is 0 Å². The maximum atomic E-state index is 14.1. The molecule has 1 aliphatic rings. The number of thioether (sulfide) groups is 1. The summed E-state index contributed by atoms with van der Waals surface area (Å²) in [6.45, 7) is 4.94. The van der Waals surface area contributed by atoms with Gasteiger partial charge in [-0.1, -0.05) is 18.2 Å². The molecule has 140 valence electrons. The molecule has 0 radical (unpaired) electrons. The van der Waals surface area contributed by atoms with Crippen molar-refractivity contribution in [3.8, 4) is 0 Å². The van der Waals surface area contributed by atoms with Crippen LogP contribution in [-0.4, -0.2) is 49.2 Å². The van der Waals surface area contributed by atoms with Crippen LogP contribution in [0.5, 0.6) is 0 Å². The Kier molecular flexibility index (Phi) is 4.82. The van der Waals surface area contributed by atoms with Crippen LogP contribution in [-0.2, 0) is 0 Å². The fourth-order valence-corrected chi connectivity index (χ4v) is 4.61. The zero-order valence-electron chi connectivity index (χ0n) is 15.2. The summed E-state index contributed by atoms with van der Waals surface area (Å²) in [4.78, 5) is 23.3. The highest BCUT2D eigenvalue weighted by Crippen LogP contribution is 2.35. The molecule has 0 N–H and O–H groups in total. The number of amides is 1. The summed E-state index contributed by atoms with van der Waals surface area (Å²) in [7, 11) is 0. The van der Waals surface area contributed by atoms with E-state index in [-0.39, 0.29) is 22.8 Å². The quantitative estimate of drug-likeness (QED) is 0.678. The topological polar surface area (TPSA) is 63.4 Å². The van der Waals surface area contributed by atoms with E-state index in [4.69, 9.17) is 0 Å². The van der Waals surface area contributed by atoms with Crippen LogP contribution in [0.4, 0.5) is 4.39 Å². The van der Waals surface area contributed by atoms with Crippen molar-refractivity contribution in [2.75, 3.05) is 18.8 Å². The number of fused-ring (bicyclic) bond motifs is 1. The van der Waals surface area contributed by atoms with Crippen LogP contribution < -0.4 is 0 Å². The molecule has 8 heteroatoms. The summed E-state index contributed by atoms with van der Waals surface area (Å²) in [5, 5.41) is 4.38. The number of carbonyl (C=O) groups excluding carboxylic acids is 1. The summed E-state index contributed by atoms with van der Waals surface area (Å²) in [5.41, 5.74) is 2.43. The van der Waals surface area contributed by atoms with Gasteiger partial charge in [0.05, 0.1) is 0 Å². The fourth-order valence-electron chi connectivity index (χ4n) is 3.36. The molecule has 3 heterocycles. The van der Waals surface area contributed by atoms with Crippen LogP contribution in [0.1, 0.15) is 39.2 Å². The largest absolute Gasteiger partial charge is 0.335 e. The van der Waals surface area contributed by atoms with Gasteiger partial charge < -0.3 is 4.90 Å². The summed E-state index contributed by atoms with van der Waals surface area (Å²) in [6, 6.07) is 8.76. The Balaban J connectivity index is 1.53. The second-order valence-corrected chi connectivity index (χ2v) is 7.96.